The van der Waals surface area contributed by atoms with Crippen LogP contribution in [0.1, 0.15) is 37.9 Å². The van der Waals surface area contributed by atoms with Gasteiger partial charge in [-0.3, -0.25) is 4.90 Å². The number of sulfone groups is 1. The van der Waals surface area contributed by atoms with Gasteiger partial charge < -0.3 is 0 Å². The van der Waals surface area contributed by atoms with E-state index in [9.17, 15) is 8.42 Å². The van der Waals surface area contributed by atoms with Gasteiger partial charge in [-0.15, -0.1) is 0 Å². The third-order valence-corrected chi connectivity index (χ3v) is 7.17. The fourth-order valence-corrected chi connectivity index (χ4v) is 5.10. The van der Waals surface area contributed by atoms with Crippen molar-refractivity contribution in [3.8, 4) is 0 Å². The van der Waals surface area contributed by atoms with Crippen LogP contribution >= 0.6 is 0 Å². The molecule has 3 aliphatic carbocycles. The first kappa shape index (κ1) is 16.2. The summed E-state index contributed by atoms with van der Waals surface area (Å²) in [5, 5.41) is -0.0491. The van der Waals surface area contributed by atoms with E-state index in [2.05, 4.69) is 34.8 Å². The van der Waals surface area contributed by atoms with Gasteiger partial charge in [-0.25, -0.2) is 18.4 Å². The maximum absolute atomic E-state index is 11.6. The third-order valence-electron chi connectivity index (χ3n) is 6.31. The molecule has 1 aromatic heterocycles. The minimum absolute atomic E-state index is 0.0491. The Morgan fingerprint density at radius 3 is 2.83 bits per heavy atom. The van der Waals surface area contributed by atoms with Crippen LogP contribution in [-0.4, -0.2) is 42.6 Å². The summed E-state index contributed by atoms with van der Waals surface area (Å²) in [5.41, 5.74) is 4.02. The summed E-state index contributed by atoms with van der Waals surface area (Å²) in [7, 11) is -3.33. The molecule has 0 saturated heterocycles. The van der Waals surface area contributed by atoms with Crippen molar-refractivity contribution in [3.05, 3.63) is 29.1 Å². The predicted molar refractivity (Wildman–Crippen MR) is 92.2 cm³/mol. The zero-order valence-electron chi connectivity index (χ0n) is 14.6. The molecule has 4 aliphatic rings. The number of hydrogen-bond acceptors (Lipinski definition) is 5. The van der Waals surface area contributed by atoms with Crippen molar-refractivity contribution in [2.45, 2.75) is 44.8 Å². The van der Waals surface area contributed by atoms with E-state index in [1.807, 2.05) is 0 Å². The third kappa shape index (κ3) is 2.60. The average molecular weight is 347 g/mol. The number of rotatable bonds is 3. The van der Waals surface area contributed by atoms with Crippen molar-refractivity contribution in [1.29, 1.82) is 0 Å². The number of nitrogens with zero attached hydrogens (tertiary/aromatic N) is 3. The Bertz CT molecular complexity index is 814. The van der Waals surface area contributed by atoms with E-state index >= 15 is 0 Å². The van der Waals surface area contributed by atoms with Crippen LogP contribution < -0.4 is 0 Å². The highest BCUT2D eigenvalue weighted by Gasteiger charge is 2.51. The molecule has 6 heteroatoms. The second-order valence-electron chi connectivity index (χ2n) is 8.18. The van der Waals surface area contributed by atoms with Crippen molar-refractivity contribution < 1.29 is 8.42 Å². The highest BCUT2D eigenvalue weighted by molar-refractivity contribution is 7.90. The molecule has 2 unspecified atom stereocenters. The van der Waals surface area contributed by atoms with Gasteiger partial charge >= 0.3 is 0 Å². The molecule has 24 heavy (non-hydrogen) atoms. The molecule has 2 heterocycles. The lowest BCUT2D eigenvalue weighted by molar-refractivity contribution is -0.0110. The number of allylic oxidation sites excluding steroid dienone is 1. The van der Waals surface area contributed by atoms with Crippen LogP contribution in [0.3, 0.4) is 0 Å². The largest absolute Gasteiger partial charge is 0.295 e. The molecule has 1 fully saturated rings. The summed E-state index contributed by atoms with van der Waals surface area (Å²) in [4.78, 5) is 10.8. The summed E-state index contributed by atoms with van der Waals surface area (Å²) >= 11 is 0. The second-order valence-corrected chi connectivity index (χ2v) is 10.1. The van der Waals surface area contributed by atoms with Crippen LogP contribution in [0.2, 0.25) is 0 Å². The van der Waals surface area contributed by atoms with Crippen molar-refractivity contribution >= 4 is 9.84 Å². The summed E-state index contributed by atoms with van der Waals surface area (Å²) in [5.74, 6) is 1.61. The summed E-state index contributed by atoms with van der Waals surface area (Å²) < 4.78 is 23.2. The first-order valence-corrected chi connectivity index (χ1v) is 10.6. The molecule has 0 radical (unpaired) electrons. The fourth-order valence-electron chi connectivity index (χ4n) is 4.58. The second kappa shape index (κ2) is 5.36. The molecule has 1 aliphatic heterocycles. The zero-order chi connectivity index (χ0) is 17.1. The normalized spacial score (nSPS) is 28.7. The van der Waals surface area contributed by atoms with Gasteiger partial charge in [-0.2, -0.15) is 0 Å². The summed E-state index contributed by atoms with van der Waals surface area (Å²) in [6.07, 6.45) is 8.69. The Morgan fingerprint density at radius 2 is 2.17 bits per heavy atom. The summed E-state index contributed by atoms with van der Waals surface area (Å²) in [6, 6.07) is 0. The Labute approximate surface area is 144 Å². The molecule has 2 atom stereocenters. The van der Waals surface area contributed by atoms with Gasteiger partial charge in [0.1, 0.15) is 0 Å². The molecule has 0 amide bonds. The zero-order valence-corrected chi connectivity index (χ0v) is 15.4. The van der Waals surface area contributed by atoms with Crippen LogP contribution in [0.25, 0.3) is 0 Å². The van der Waals surface area contributed by atoms with Gasteiger partial charge in [0.15, 0.2) is 0 Å². The monoisotopic (exact) mass is 347 g/mol. The smallest absolute Gasteiger partial charge is 0.246 e. The Kier molecular flexibility index (Phi) is 3.62. The SMILES string of the molecule is CC1(C)C2CC=C(CN3CCc4nc(S(C)(=O)=O)ncc4C3)C1C2. The lowest BCUT2D eigenvalue weighted by Crippen LogP contribution is -2.50. The van der Waals surface area contributed by atoms with Gasteiger partial charge in [0.25, 0.3) is 0 Å². The van der Waals surface area contributed by atoms with Crippen molar-refractivity contribution in [3.63, 3.8) is 0 Å². The van der Waals surface area contributed by atoms with E-state index in [0.29, 0.717) is 5.41 Å². The molecule has 1 saturated carbocycles. The van der Waals surface area contributed by atoms with Gasteiger partial charge in [-0.05, 0) is 30.1 Å². The number of aromatic nitrogens is 2. The van der Waals surface area contributed by atoms with Crippen molar-refractivity contribution in [1.82, 2.24) is 14.9 Å². The van der Waals surface area contributed by atoms with Gasteiger partial charge in [0.2, 0.25) is 15.0 Å². The van der Waals surface area contributed by atoms with E-state index in [1.54, 1.807) is 11.8 Å². The van der Waals surface area contributed by atoms with Crippen LogP contribution in [0, 0.1) is 17.3 Å². The van der Waals surface area contributed by atoms with E-state index < -0.39 is 9.84 Å². The quantitative estimate of drug-likeness (QED) is 0.620. The van der Waals surface area contributed by atoms with Crippen LogP contribution in [0.5, 0.6) is 0 Å². The van der Waals surface area contributed by atoms with Crippen LogP contribution in [0.15, 0.2) is 23.0 Å². The lowest BCUT2D eigenvalue weighted by Gasteiger charge is -2.57. The fraction of sp³-hybridized carbons (Fsp3) is 0.667. The summed E-state index contributed by atoms with van der Waals surface area (Å²) in [6.45, 7) is 7.58. The predicted octanol–water partition coefficient (Wildman–Crippen LogP) is 2.23. The van der Waals surface area contributed by atoms with E-state index in [1.165, 1.54) is 12.8 Å². The molecular formula is C18H25N3O2S. The minimum Gasteiger partial charge on any atom is -0.295 e. The molecule has 5 rings (SSSR count). The average Bonchev–Trinajstić information content (AvgIpc) is 2.53. The Morgan fingerprint density at radius 1 is 1.38 bits per heavy atom. The molecule has 2 bridgehead atoms. The highest BCUT2D eigenvalue weighted by Crippen LogP contribution is 2.59. The number of fused-ring (bicyclic) bond motifs is 2. The van der Waals surface area contributed by atoms with Gasteiger partial charge in [-0.1, -0.05) is 25.5 Å². The minimum atomic E-state index is -3.33. The molecule has 0 N–H and O–H groups in total. The number of hydrogen-bond donors (Lipinski definition) is 0. The lowest BCUT2D eigenvalue weighted by atomic mass is 9.49. The molecule has 0 aromatic carbocycles. The van der Waals surface area contributed by atoms with Crippen molar-refractivity contribution in [2.24, 2.45) is 17.3 Å². The standard InChI is InChI=1S/C18H25N3O2S/c1-18(2)14-5-4-12(15(18)8-14)10-21-7-6-16-13(11-21)9-19-17(20-16)24(3,22)23/h4,9,14-15H,5-8,10-11H2,1-3H3. The molecular weight excluding hydrogens is 322 g/mol. The Hall–Kier alpha value is -1.27. The first-order valence-electron chi connectivity index (χ1n) is 8.71. The molecule has 5 nitrogen and oxygen atoms in total. The van der Waals surface area contributed by atoms with Crippen molar-refractivity contribution in [2.75, 3.05) is 19.3 Å². The molecule has 0 spiro atoms. The first-order chi connectivity index (χ1) is 11.2. The van der Waals surface area contributed by atoms with E-state index in [0.717, 1.165) is 55.4 Å². The maximum atomic E-state index is 11.6. The highest BCUT2D eigenvalue weighted by atomic mass is 32.2. The van der Waals surface area contributed by atoms with Crippen LogP contribution in [-0.2, 0) is 22.8 Å². The topological polar surface area (TPSA) is 63.2 Å². The Balaban J connectivity index is 1.49. The molecule has 130 valence electrons. The van der Waals surface area contributed by atoms with Gasteiger partial charge in [0, 0.05) is 44.1 Å². The maximum Gasteiger partial charge on any atom is 0.246 e. The van der Waals surface area contributed by atoms with E-state index in [-0.39, 0.29) is 5.16 Å². The van der Waals surface area contributed by atoms with E-state index in [4.69, 9.17) is 0 Å². The molecule has 1 aromatic rings. The van der Waals surface area contributed by atoms with Crippen LogP contribution in [0.4, 0.5) is 0 Å². The van der Waals surface area contributed by atoms with Gasteiger partial charge in [0.05, 0.1) is 5.69 Å².